The lowest BCUT2D eigenvalue weighted by atomic mass is 10.0. The van der Waals surface area contributed by atoms with Crippen LogP contribution in [0.1, 0.15) is 418 Å². The quantitative estimate of drug-likeness (QED) is 0.0320. The molecule has 0 radical (unpaired) electrons. The molecule has 500 valence electrons. The van der Waals surface area contributed by atoms with E-state index in [1.165, 1.54) is 340 Å². The molecule has 0 rings (SSSR count). The van der Waals surface area contributed by atoms with Crippen molar-refractivity contribution in [3.63, 3.8) is 0 Å². The number of nitrogens with one attached hydrogen (secondary N) is 1. The SMILES string of the molecule is CCCCCC/C=C\C/C=C\CCCCCCCC(=O)OCCCCCCCCCCCCCC/C=C\CCCCCCCCCCCCCCC(=O)NC(CO)C(O)/C=C/CCCCCCCCCCCCCCCCCCCCCCCC. The highest BCUT2D eigenvalue weighted by molar-refractivity contribution is 5.76. The van der Waals surface area contributed by atoms with E-state index >= 15 is 0 Å². The number of ether oxygens (including phenoxy) is 1. The van der Waals surface area contributed by atoms with E-state index in [1.807, 2.05) is 6.08 Å². The third kappa shape index (κ3) is 70.8. The van der Waals surface area contributed by atoms with Crippen LogP contribution >= 0.6 is 0 Å². The zero-order valence-corrected chi connectivity index (χ0v) is 57.4. The van der Waals surface area contributed by atoms with Crippen molar-refractivity contribution in [1.29, 1.82) is 0 Å². The molecule has 3 N–H and O–H groups in total. The van der Waals surface area contributed by atoms with Crippen LogP contribution in [-0.4, -0.2) is 47.4 Å². The van der Waals surface area contributed by atoms with E-state index in [1.54, 1.807) is 6.08 Å². The number of amides is 1. The minimum atomic E-state index is -0.847. The zero-order valence-electron chi connectivity index (χ0n) is 57.4. The van der Waals surface area contributed by atoms with E-state index < -0.39 is 12.1 Å². The molecule has 2 unspecified atom stereocenters. The molecule has 0 saturated heterocycles. The summed E-state index contributed by atoms with van der Waals surface area (Å²) in [6.45, 7) is 4.92. The van der Waals surface area contributed by atoms with Crippen LogP contribution in [0.3, 0.4) is 0 Å². The number of hydrogen-bond acceptors (Lipinski definition) is 5. The number of carbonyl (C=O) groups is 2. The van der Waals surface area contributed by atoms with Gasteiger partial charge in [-0.2, -0.15) is 0 Å². The molecule has 6 heteroatoms. The number of carbonyl (C=O) groups excluding carboxylic acids is 2. The minimum Gasteiger partial charge on any atom is -0.466 e. The molecule has 0 aliphatic heterocycles. The topological polar surface area (TPSA) is 95.9 Å². The Morgan fingerprint density at radius 2 is 0.588 bits per heavy atom. The van der Waals surface area contributed by atoms with Crippen molar-refractivity contribution < 1.29 is 24.5 Å². The molecule has 0 aliphatic rings. The Labute approximate surface area is 531 Å². The molecule has 0 aliphatic carbocycles. The van der Waals surface area contributed by atoms with Gasteiger partial charge in [-0.05, 0) is 89.9 Å². The molecule has 0 saturated carbocycles. The number of unbranched alkanes of at least 4 members (excludes halogenated alkanes) is 55. The molecule has 6 nitrogen and oxygen atoms in total. The first-order valence-corrected chi connectivity index (χ1v) is 38.4. The van der Waals surface area contributed by atoms with Gasteiger partial charge in [0.2, 0.25) is 5.91 Å². The Morgan fingerprint density at radius 1 is 0.329 bits per heavy atom. The highest BCUT2D eigenvalue weighted by Gasteiger charge is 2.18. The number of esters is 1. The third-order valence-electron chi connectivity index (χ3n) is 17.8. The van der Waals surface area contributed by atoms with Crippen LogP contribution in [0.5, 0.6) is 0 Å². The summed E-state index contributed by atoms with van der Waals surface area (Å²) in [5.41, 5.74) is 0. The maximum absolute atomic E-state index is 12.5. The van der Waals surface area contributed by atoms with Gasteiger partial charge in [-0.15, -0.1) is 0 Å². The van der Waals surface area contributed by atoms with Crippen LogP contribution in [0.25, 0.3) is 0 Å². The van der Waals surface area contributed by atoms with Gasteiger partial charge in [-0.3, -0.25) is 9.59 Å². The van der Waals surface area contributed by atoms with E-state index in [9.17, 15) is 19.8 Å². The summed E-state index contributed by atoms with van der Waals surface area (Å²) < 4.78 is 5.49. The van der Waals surface area contributed by atoms with Crippen LogP contribution < -0.4 is 5.32 Å². The highest BCUT2D eigenvalue weighted by Crippen LogP contribution is 2.19. The lowest BCUT2D eigenvalue weighted by molar-refractivity contribution is -0.143. The summed E-state index contributed by atoms with van der Waals surface area (Å²) in [6.07, 6.45) is 97.8. The Kier molecular flexibility index (Phi) is 72.4. The Morgan fingerprint density at radius 3 is 0.918 bits per heavy atom. The van der Waals surface area contributed by atoms with Crippen LogP contribution in [0.15, 0.2) is 48.6 Å². The molecule has 1 amide bonds. The van der Waals surface area contributed by atoms with Gasteiger partial charge in [0.15, 0.2) is 0 Å². The summed E-state index contributed by atoms with van der Waals surface area (Å²) in [5.74, 6) is -0.0614. The maximum atomic E-state index is 12.5. The van der Waals surface area contributed by atoms with Crippen molar-refractivity contribution in [3.05, 3.63) is 48.6 Å². The number of rotatable bonds is 72. The van der Waals surface area contributed by atoms with E-state index in [0.717, 1.165) is 51.4 Å². The second-order valence-electron chi connectivity index (χ2n) is 26.3. The molecule has 0 bridgehead atoms. The van der Waals surface area contributed by atoms with Crippen molar-refractivity contribution in [1.82, 2.24) is 5.32 Å². The fourth-order valence-electron chi connectivity index (χ4n) is 12.0. The monoisotopic (exact) mass is 1190 g/mol. The fraction of sp³-hybridized carbons (Fsp3) is 0.873. The average Bonchev–Trinajstić information content (AvgIpc) is 3.51. The number of hydrogen-bond donors (Lipinski definition) is 3. The van der Waals surface area contributed by atoms with Crippen molar-refractivity contribution in [3.8, 4) is 0 Å². The summed E-state index contributed by atoms with van der Waals surface area (Å²) >= 11 is 0. The van der Waals surface area contributed by atoms with Gasteiger partial charge < -0.3 is 20.3 Å². The van der Waals surface area contributed by atoms with Crippen LogP contribution in [0.2, 0.25) is 0 Å². The van der Waals surface area contributed by atoms with Gasteiger partial charge in [0.05, 0.1) is 25.4 Å². The second-order valence-corrected chi connectivity index (χ2v) is 26.3. The minimum absolute atomic E-state index is 0.00243. The summed E-state index contributed by atoms with van der Waals surface area (Å²) in [5, 5.41) is 23.3. The first kappa shape index (κ1) is 82.8. The molecule has 0 aromatic carbocycles. The summed E-state index contributed by atoms with van der Waals surface area (Å²) in [7, 11) is 0. The molecule has 0 spiro atoms. The van der Waals surface area contributed by atoms with E-state index in [0.29, 0.717) is 19.4 Å². The first-order chi connectivity index (χ1) is 42.0. The summed E-state index contributed by atoms with van der Waals surface area (Å²) in [6, 6.07) is -0.630. The molecular weight excluding hydrogens is 1040 g/mol. The van der Waals surface area contributed by atoms with E-state index in [-0.39, 0.29) is 18.5 Å². The van der Waals surface area contributed by atoms with Crippen molar-refractivity contribution in [2.24, 2.45) is 0 Å². The maximum Gasteiger partial charge on any atom is 0.305 e. The lowest BCUT2D eigenvalue weighted by Gasteiger charge is -2.20. The van der Waals surface area contributed by atoms with Crippen LogP contribution in [-0.2, 0) is 14.3 Å². The normalized spacial score (nSPS) is 12.8. The van der Waals surface area contributed by atoms with Crippen LogP contribution in [0.4, 0.5) is 0 Å². The first-order valence-electron chi connectivity index (χ1n) is 38.4. The number of allylic oxidation sites excluding steroid dienone is 7. The van der Waals surface area contributed by atoms with Crippen molar-refractivity contribution in [2.75, 3.05) is 13.2 Å². The molecule has 0 aromatic heterocycles. The predicted octanol–water partition coefficient (Wildman–Crippen LogP) is 25.2. The standard InChI is InChI=1S/C79H149NO5/c1-3-5-7-9-11-13-15-17-19-21-22-23-24-31-34-37-40-43-47-51-55-59-63-67-71-77(82)76(75-81)80-78(83)72-68-64-60-56-52-48-44-41-38-35-32-29-27-25-26-28-30-33-36-39-42-46-50-54-58-62-66-70-74-85-79(84)73-69-65-61-57-53-49-45-20-18-16-14-12-10-8-6-4-2/h14,16,20,25-26,45,67,71,76-77,81-82H,3-13,15,17-19,21-24,27-44,46-66,68-70,72-75H2,1-2H3,(H,80,83)/b16-14-,26-25-,45-20-,71-67+. The van der Waals surface area contributed by atoms with Crippen LogP contribution in [0, 0.1) is 0 Å². The third-order valence-corrected chi connectivity index (χ3v) is 17.8. The number of aliphatic hydroxyl groups is 2. The zero-order chi connectivity index (χ0) is 61.3. The van der Waals surface area contributed by atoms with Gasteiger partial charge in [-0.25, -0.2) is 0 Å². The lowest BCUT2D eigenvalue weighted by Crippen LogP contribution is -2.45. The van der Waals surface area contributed by atoms with E-state index in [4.69, 9.17) is 4.74 Å². The fourth-order valence-corrected chi connectivity index (χ4v) is 12.0. The van der Waals surface area contributed by atoms with Gasteiger partial charge in [0.25, 0.3) is 0 Å². The summed E-state index contributed by atoms with van der Waals surface area (Å²) in [4.78, 5) is 24.6. The largest absolute Gasteiger partial charge is 0.466 e. The smallest absolute Gasteiger partial charge is 0.305 e. The molecule has 2 atom stereocenters. The molecule has 0 heterocycles. The Balaban J connectivity index is 3.41. The van der Waals surface area contributed by atoms with Gasteiger partial charge in [0.1, 0.15) is 0 Å². The van der Waals surface area contributed by atoms with E-state index in [2.05, 4.69) is 55.6 Å². The predicted molar refractivity (Wildman–Crippen MR) is 375 cm³/mol. The van der Waals surface area contributed by atoms with Crippen molar-refractivity contribution in [2.45, 2.75) is 431 Å². The Bertz CT molecular complexity index is 1420. The second kappa shape index (κ2) is 74.3. The number of aliphatic hydroxyl groups excluding tert-OH is 2. The Hall–Kier alpha value is -2.18. The molecule has 0 aromatic rings. The van der Waals surface area contributed by atoms with Crippen molar-refractivity contribution >= 4 is 11.9 Å². The molecular formula is C79H149NO5. The average molecular weight is 1190 g/mol. The van der Waals surface area contributed by atoms with Gasteiger partial charge >= 0.3 is 5.97 Å². The highest BCUT2D eigenvalue weighted by atomic mass is 16.5. The van der Waals surface area contributed by atoms with Gasteiger partial charge in [-0.1, -0.05) is 364 Å². The molecule has 0 fully saturated rings. The van der Waals surface area contributed by atoms with Gasteiger partial charge in [0, 0.05) is 12.8 Å². The molecule has 85 heavy (non-hydrogen) atoms.